The highest BCUT2D eigenvalue weighted by molar-refractivity contribution is 9.10. The van der Waals surface area contributed by atoms with Gasteiger partial charge in [-0.2, -0.15) is 5.10 Å². The molecule has 2 aromatic heterocycles. The third-order valence-corrected chi connectivity index (χ3v) is 5.18. The molecule has 0 fully saturated rings. The van der Waals surface area contributed by atoms with Crippen LogP contribution in [0.1, 0.15) is 30.7 Å². The van der Waals surface area contributed by atoms with Crippen molar-refractivity contribution in [3.63, 3.8) is 0 Å². The van der Waals surface area contributed by atoms with Gasteiger partial charge in [0.05, 0.1) is 6.10 Å². The largest absolute Gasteiger partial charge is 0.387 e. The molecule has 7 heteroatoms. The van der Waals surface area contributed by atoms with Gasteiger partial charge in [0.25, 0.3) is 0 Å². The molecule has 19 heavy (non-hydrogen) atoms. The molecule has 1 atom stereocenters. The van der Waals surface area contributed by atoms with Gasteiger partial charge in [-0.15, -0.1) is 11.3 Å². The topological polar surface area (TPSA) is 50.9 Å². The second kappa shape index (κ2) is 6.35. The van der Waals surface area contributed by atoms with Gasteiger partial charge in [-0.25, -0.2) is 9.67 Å². The molecule has 0 aliphatic heterocycles. The first-order valence-electron chi connectivity index (χ1n) is 5.97. The SMILES string of the molecule is CC(C)Cn1ncnc1CC(O)c1cc(Br)c(Cl)s1. The van der Waals surface area contributed by atoms with Crippen LogP contribution in [0, 0.1) is 5.92 Å². The Hall–Kier alpha value is -0.430. The minimum Gasteiger partial charge on any atom is -0.387 e. The number of hydrogen-bond acceptors (Lipinski definition) is 4. The Labute approximate surface area is 129 Å². The highest BCUT2D eigenvalue weighted by Gasteiger charge is 2.17. The number of aromatic nitrogens is 3. The molecule has 2 aromatic rings. The van der Waals surface area contributed by atoms with E-state index in [0.29, 0.717) is 16.7 Å². The molecular formula is C12H15BrClN3OS. The van der Waals surface area contributed by atoms with Crippen LogP contribution in [-0.2, 0) is 13.0 Å². The summed E-state index contributed by atoms with van der Waals surface area (Å²) in [6.45, 7) is 5.05. The van der Waals surface area contributed by atoms with Crippen LogP contribution in [0.15, 0.2) is 16.9 Å². The van der Waals surface area contributed by atoms with E-state index in [-0.39, 0.29) is 0 Å². The third-order valence-electron chi connectivity index (χ3n) is 2.60. The molecule has 0 aromatic carbocycles. The fourth-order valence-corrected chi connectivity index (χ4v) is 3.47. The summed E-state index contributed by atoms with van der Waals surface area (Å²) in [4.78, 5) is 5.05. The molecule has 0 saturated heterocycles. The lowest BCUT2D eigenvalue weighted by Gasteiger charge is -2.11. The van der Waals surface area contributed by atoms with E-state index in [1.54, 1.807) is 0 Å². The summed E-state index contributed by atoms with van der Waals surface area (Å²) >= 11 is 10.7. The first kappa shape index (κ1) is 15.0. The minimum atomic E-state index is -0.607. The Kier molecular flexibility index (Phi) is 5.00. The average Bonchev–Trinajstić information content (AvgIpc) is 2.87. The smallest absolute Gasteiger partial charge is 0.138 e. The second-order valence-corrected chi connectivity index (χ2v) is 7.28. The first-order valence-corrected chi connectivity index (χ1v) is 7.95. The number of halogens is 2. The standard InChI is InChI=1S/C12H15BrClN3OS/c1-7(2)5-17-11(15-6-16-17)4-9(18)10-3-8(13)12(14)19-10/h3,6-7,9,18H,4-5H2,1-2H3. The maximum atomic E-state index is 10.2. The molecule has 1 unspecified atom stereocenters. The van der Waals surface area contributed by atoms with E-state index in [4.69, 9.17) is 11.6 Å². The molecule has 2 rings (SSSR count). The van der Waals surface area contributed by atoms with Gasteiger partial charge in [0.1, 0.15) is 16.5 Å². The van der Waals surface area contributed by atoms with Crippen molar-refractivity contribution in [2.75, 3.05) is 0 Å². The molecule has 0 saturated carbocycles. The number of aliphatic hydroxyl groups excluding tert-OH is 1. The van der Waals surface area contributed by atoms with Crippen LogP contribution in [0.3, 0.4) is 0 Å². The fourth-order valence-electron chi connectivity index (χ4n) is 1.75. The molecule has 0 amide bonds. The normalized spacial score (nSPS) is 13.2. The highest BCUT2D eigenvalue weighted by Crippen LogP contribution is 2.35. The van der Waals surface area contributed by atoms with Gasteiger partial charge >= 0.3 is 0 Å². The van der Waals surface area contributed by atoms with Crippen LogP contribution >= 0.6 is 38.9 Å². The first-order chi connectivity index (χ1) is 8.97. The van der Waals surface area contributed by atoms with Crippen LogP contribution in [-0.4, -0.2) is 19.9 Å². The van der Waals surface area contributed by atoms with E-state index in [9.17, 15) is 5.11 Å². The summed E-state index contributed by atoms with van der Waals surface area (Å²) < 4.78 is 3.31. The van der Waals surface area contributed by atoms with Crippen LogP contribution in [0.25, 0.3) is 0 Å². The van der Waals surface area contributed by atoms with Crippen molar-refractivity contribution in [3.05, 3.63) is 31.9 Å². The van der Waals surface area contributed by atoms with Crippen molar-refractivity contribution < 1.29 is 5.11 Å². The van der Waals surface area contributed by atoms with Gasteiger partial charge in [-0.3, -0.25) is 0 Å². The van der Waals surface area contributed by atoms with Crippen molar-refractivity contribution >= 4 is 38.9 Å². The molecule has 4 nitrogen and oxygen atoms in total. The molecule has 0 aliphatic rings. The summed E-state index contributed by atoms with van der Waals surface area (Å²) in [6.07, 6.45) is 1.36. The van der Waals surface area contributed by atoms with E-state index in [1.807, 2.05) is 10.7 Å². The van der Waals surface area contributed by atoms with Crippen LogP contribution in [0.2, 0.25) is 4.34 Å². The Morgan fingerprint density at radius 1 is 1.53 bits per heavy atom. The third kappa shape index (κ3) is 3.78. The Bertz CT molecular complexity index is 535. The number of rotatable bonds is 5. The Morgan fingerprint density at radius 3 is 2.84 bits per heavy atom. The van der Waals surface area contributed by atoms with Gasteiger partial charge in [0.2, 0.25) is 0 Å². The van der Waals surface area contributed by atoms with Gasteiger partial charge < -0.3 is 5.11 Å². The lowest BCUT2D eigenvalue weighted by Crippen LogP contribution is -2.13. The summed E-state index contributed by atoms with van der Waals surface area (Å²) in [5, 5.41) is 14.4. The van der Waals surface area contributed by atoms with E-state index < -0.39 is 6.10 Å². The minimum absolute atomic E-state index is 0.440. The zero-order valence-corrected chi connectivity index (χ0v) is 13.8. The molecule has 0 bridgehead atoms. The van der Waals surface area contributed by atoms with E-state index in [1.165, 1.54) is 17.7 Å². The lowest BCUT2D eigenvalue weighted by atomic mass is 10.2. The van der Waals surface area contributed by atoms with E-state index in [0.717, 1.165) is 21.7 Å². The molecule has 104 valence electrons. The molecule has 2 heterocycles. The Balaban J connectivity index is 2.10. The van der Waals surface area contributed by atoms with Crippen LogP contribution in [0.4, 0.5) is 0 Å². The van der Waals surface area contributed by atoms with E-state index >= 15 is 0 Å². The number of nitrogens with zero attached hydrogens (tertiary/aromatic N) is 3. The number of hydrogen-bond donors (Lipinski definition) is 1. The fraction of sp³-hybridized carbons (Fsp3) is 0.500. The molecule has 0 radical (unpaired) electrons. The van der Waals surface area contributed by atoms with Crippen LogP contribution < -0.4 is 0 Å². The quantitative estimate of drug-likeness (QED) is 0.880. The van der Waals surface area contributed by atoms with Gasteiger partial charge in [0, 0.05) is 22.3 Å². The Morgan fingerprint density at radius 2 is 2.26 bits per heavy atom. The maximum Gasteiger partial charge on any atom is 0.138 e. The summed E-state index contributed by atoms with van der Waals surface area (Å²) in [5.41, 5.74) is 0. The summed E-state index contributed by atoms with van der Waals surface area (Å²) in [7, 11) is 0. The molecule has 0 spiro atoms. The number of aliphatic hydroxyl groups is 1. The maximum absolute atomic E-state index is 10.2. The van der Waals surface area contributed by atoms with Crippen LogP contribution in [0.5, 0.6) is 0 Å². The van der Waals surface area contributed by atoms with Crippen molar-refractivity contribution in [2.45, 2.75) is 32.9 Å². The van der Waals surface area contributed by atoms with Crippen molar-refractivity contribution in [2.24, 2.45) is 5.92 Å². The average molecular weight is 365 g/mol. The molecule has 0 aliphatic carbocycles. The number of thiophene rings is 1. The van der Waals surface area contributed by atoms with Crippen molar-refractivity contribution in [3.8, 4) is 0 Å². The predicted molar refractivity (Wildman–Crippen MR) is 80.6 cm³/mol. The van der Waals surface area contributed by atoms with Crippen molar-refractivity contribution in [1.82, 2.24) is 14.8 Å². The summed E-state index contributed by atoms with van der Waals surface area (Å²) in [6, 6.07) is 1.85. The van der Waals surface area contributed by atoms with Gasteiger partial charge in [-0.05, 0) is 27.9 Å². The van der Waals surface area contributed by atoms with Gasteiger partial charge in [-0.1, -0.05) is 25.4 Å². The van der Waals surface area contributed by atoms with E-state index in [2.05, 4.69) is 39.9 Å². The lowest BCUT2D eigenvalue weighted by molar-refractivity contribution is 0.177. The monoisotopic (exact) mass is 363 g/mol. The predicted octanol–water partition coefficient (Wildman–Crippen LogP) is 3.69. The molecular weight excluding hydrogens is 350 g/mol. The highest BCUT2D eigenvalue weighted by atomic mass is 79.9. The zero-order valence-electron chi connectivity index (χ0n) is 10.7. The van der Waals surface area contributed by atoms with Crippen molar-refractivity contribution in [1.29, 1.82) is 0 Å². The zero-order chi connectivity index (χ0) is 14.0. The summed E-state index contributed by atoms with van der Waals surface area (Å²) in [5.74, 6) is 1.28. The van der Waals surface area contributed by atoms with Gasteiger partial charge in [0.15, 0.2) is 0 Å². The molecule has 1 N–H and O–H groups in total. The second-order valence-electron chi connectivity index (χ2n) is 4.74.